The van der Waals surface area contributed by atoms with Gasteiger partial charge < -0.3 is 10.6 Å². The Morgan fingerprint density at radius 1 is 1.18 bits per heavy atom. The molecule has 17 heavy (non-hydrogen) atoms. The van der Waals surface area contributed by atoms with Gasteiger partial charge in [0.25, 0.3) is 0 Å². The second kappa shape index (κ2) is 8.51. The first-order valence-electron chi connectivity index (χ1n) is 7.26. The maximum Gasteiger partial charge on any atom is 0.234 e. The van der Waals surface area contributed by atoms with Crippen LogP contribution in [0.15, 0.2) is 0 Å². The van der Waals surface area contributed by atoms with Crippen LogP contribution in [0.5, 0.6) is 0 Å². The molecule has 0 spiro atoms. The van der Waals surface area contributed by atoms with Crippen molar-refractivity contribution in [2.24, 2.45) is 5.92 Å². The zero-order valence-electron chi connectivity index (χ0n) is 11.4. The summed E-state index contributed by atoms with van der Waals surface area (Å²) in [5, 5.41) is 6.39. The number of hydrogen-bond acceptors (Lipinski definition) is 2. The van der Waals surface area contributed by atoms with E-state index in [4.69, 9.17) is 0 Å². The average Bonchev–Trinajstić information content (AvgIpc) is 2.36. The molecule has 0 heterocycles. The van der Waals surface area contributed by atoms with Crippen LogP contribution in [0.3, 0.4) is 0 Å². The normalized spacial score (nSPS) is 17.4. The summed E-state index contributed by atoms with van der Waals surface area (Å²) >= 11 is 0. The van der Waals surface area contributed by atoms with Crippen LogP contribution in [0.4, 0.5) is 0 Å². The molecule has 100 valence electrons. The van der Waals surface area contributed by atoms with E-state index in [1.807, 2.05) is 0 Å². The van der Waals surface area contributed by atoms with Crippen LogP contribution in [0.25, 0.3) is 0 Å². The SMILES string of the molecule is CCC(CC)CNCC(=O)NC1CCCCC1. The van der Waals surface area contributed by atoms with Gasteiger partial charge in [0.1, 0.15) is 0 Å². The van der Waals surface area contributed by atoms with Gasteiger partial charge in [0.15, 0.2) is 0 Å². The summed E-state index contributed by atoms with van der Waals surface area (Å²) < 4.78 is 0. The molecule has 1 amide bonds. The molecule has 0 aromatic heterocycles. The van der Waals surface area contributed by atoms with E-state index in [0.717, 1.165) is 19.4 Å². The van der Waals surface area contributed by atoms with Crippen molar-refractivity contribution in [3.63, 3.8) is 0 Å². The molecular weight excluding hydrogens is 212 g/mol. The molecule has 1 saturated carbocycles. The zero-order chi connectivity index (χ0) is 12.5. The Morgan fingerprint density at radius 3 is 2.41 bits per heavy atom. The summed E-state index contributed by atoms with van der Waals surface area (Å²) in [6, 6.07) is 0.436. The maximum absolute atomic E-state index is 11.7. The van der Waals surface area contributed by atoms with Crippen molar-refractivity contribution in [1.82, 2.24) is 10.6 Å². The Hall–Kier alpha value is -0.570. The Balaban J connectivity index is 2.07. The summed E-state index contributed by atoms with van der Waals surface area (Å²) in [5.74, 6) is 0.875. The van der Waals surface area contributed by atoms with Gasteiger partial charge >= 0.3 is 0 Å². The molecule has 0 radical (unpaired) electrons. The van der Waals surface area contributed by atoms with E-state index in [1.54, 1.807) is 0 Å². The highest BCUT2D eigenvalue weighted by Crippen LogP contribution is 2.17. The third-order valence-electron chi connectivity index (χ3n) is 3.84. The number of nitrogens with one attached hydrogen (secondary N) is 2. The van der Waals surface area contributed by atoms with E-state index in [1.165, 1.54) is 32.1 Å². The van der Waals surface area contributed by atoms with Crippen molar-refractivity contribution < 1.29 is 4.79 Å². The van der Waals surface area contributed by atoms with E-state index in [0.29, 0.717) is 18.5 Å². The number of carbonyl (C=O) groups is 1. The molecule has 0 aliphatic heterocycles. The van der Waals surface area contributed by atoms with Gasteiger partial charge in [-0.05, 0) is 25.3 Å². The molecule has 0 aromatic rings. The van der Waals surface area contributed by atoms with Gasteiger partial charge in [0, 0.05) is 6.04 Å². The largest absolute Gasteiger partial charge is 0.352 e. The van der Waals surface area contributed by atoms with Crippen molar-refractivity contribution in [2.45, 2.75) is 64.8 Å². The van der Waals surface area contributed by atoms with Crippen LogP contribution in [-0.4, -0.2) is 25.0 Å². The first-order chi connectivity index (χ1) is 8.26. The van der Waals surface area contributed by atoms with E-state index in [-0.39, 0.29) is 5.91 Å². The summed E-state index contributed by atoms with van der Waals surface area (Å²) in [6.07, 6.45) is 8.58. The average molecular weight is 240 g/mol. The van der Waals surface area contributed by atoms with Crippen molar-refractivity contribution in [3.8, 4) is 0 Å². The highest BCUT2D eigenvalue weighted by atomic mass is 16.1. The zero-order valence-corrected chi connectivity index (χ0v) is 11.4. The van der Waals surface area contributed by atoms with Crippen LogP contribution in [0, 0.1) is 5.92 Å². The quantitative estimate of drug-likeness (QED) is 0.718. The Labute approximate surface area is 106 Å². The molecule has 0 bridgehead atoms. The van der Waals surface area contributed by atoms with Gasteiger partial charge in [-0.2, -0.15) is 0 Å². The molecule has 2 N–H and O–H groups in total. The minimum Gasteiger partial charge on any atom is -0.352 e. The highest BCUT2D eigenvalue weighted by molar-refractivity contribution is 5.78. The molecule has 1 aliphatic rings. The molecule has 0 saturated heterocycles. The standard InChI is InChI=1S/C14H28N2O/c1-3-12(4-2)10-15-11-14(17)16-13-8-6-5-7-9-13/h12-13,15H,3-11H2,1-2H3,(H,16,17). The van der Waals surface area contributed by atoms with Gasteiger partial charge in [0.05, 0.1) is 6.54 Å². The van der Waals surface area contributed by atoms with E-state index < -0.39 is 0 Å². The highest BCUT2D eigenvalue weighted by Gasteiger charge is 2.15. The minimum atomic E-state index is 0.169. The smallest absolute Gasteiger partial charge is 0.234 e. The third-order valence-corrected chi connectivity index (χ3v) is 3.84. The van der Waals surface area contributed by atoms with Crippen molar-refractivity contribution in [1.29, 1.82) is 0 Å². The predicted octanol–water partition coefficient (Wildman–Crippen LogP) is 2.46. The number of amides is 1. The Bertz CT molecular complexity index is 208. The second-order valence-electron chi connectivity index (χ2n) is 5.22. The van der Waals surface area contributed by atoms with Crippen LogP contribution < -0.4 is 10.6 Å². The Morgan fingerprint density at radius 2 is 1.82 bits per heavy atom. The molecule has 0 aromatic carbocycles. The van der Waals surface area contributed by atoms with Crippen molar-refractivity contribution >= 4 is 5.91 Å². The lowest BCUT2D eigenvalue weighted by Gasteiger charge is -2.23. The lowest BCUT2D eigenvalue weighted by atomic mass is 9.95. The first-order valence-corrected chi connectivity index (χ1v) is 7.26. The topological polar surface area (TPSA) is 41.1 Å². The lowest BCUT2D eigenvalue weighted by Crippen LogP contribution is -2.42. The van der Waals surface area contributed by atoms with Gasteiger partial charge in [-0.3, -0.25) is 4.79 Å². The molecule has 3 heteroatoms. The molecule has 0 atom stereocenters. The number of rotatable bonds is 7. The maximum atomic E-state index is 11.7. The van der Waals surface area contributed by atoms with E-state index >= 15 is 0 Å². The number of hydrogen-bond donors (Lipinski definition) is 2. The van der Waals surface area contributed by atoms with Crippen LogP contribution in [0.2, 0.25) is 0 Å². The fourth-order valence-electron chi connectivity index (χ4n) is 2.49. The van der Waals surface area contributed by atoms with Crippen LogP contribution >= 0.6 is 0 Å². The van der Waals surface area contributed by atoms with Gasteiger partial charge in [-0.15, -0.1) is 0 Å². The summed E-state index contributed by atoms with van der Waals surface area (Å²) in [4.78, 5) is 11.7. The van der Waals surface area contributed by atoms with Gasteiger partial charge in [0.2, 0.25) is 5.91 Å². The Kier molecular flexibility index (Phi) is 7.25. The van der Waals surface area contributed by atoms with Gasteiger partial charge in [-0.1, -0.05) is 46.0 Å². The summed E-state index contributed by atoms with van der Waals surface area (Å²) in [7, 11) is 0. The molecule has 0 unspecified atom stereocenters. The van der Waals surface area contributed by atoms with Crippen LogP contribution in [-0.2, 0) is 4.79 Å². The molecule has 3 nitrogen and oxygen atoms in total. The van der Waals surface area contributed by atoms with E-state index in [9.17, 15) is 4.79 Å². The fraction of sp³-hybridized carbons (Fsp3) is 0.929. The van der Waals surface area contributed by atoms with Crippen molar-refractivity contribution in [2.75, 3.05) is 13.1 Å². The third kappa shape index (κ3) is 6.06. The second-order valence-corrected chi connectivity index (χ2v) is 5.22. The summed E-state index contributed by atoms with van der Waals surface area (Å²) in [6.45, 7) is 5.86. The van der Waals surface area contributed by atoms with E-state index in [2.05, 4.69) is 24.5 Å². The monoisotopic (exact) mass is 240 g/mol. The molecule has 1 aliphatic carbocycles. The van der Waals surface area contributed by atoms with Crippen molar-refractivity contribution in [3.05, 3.63) is 0 Å². The molecular formula is C14H28N2O. The lowest BCUT2D eigenvalue weighted by molar-refractivity contribution is -0.121. The molecule has 1 fully saturated rings. The number of carbonyl (C=O) groups excluding carboxylic acids is 1. The first kappa shape index (κ1) is 14.5. The van der Waals surface area contributed by atoms with Crippen LogP contribution in [0.1, 0.15) is 58.8 Å². The minimum absolute atomic E-state index is 0.169. The fourth-order valence-corrected chi connectivity index (χ4v) is 2.49. The molecule has 1 rings (SSSR count). The van der Waals surface area contributed by atoms with Gasteiger partial charge in [-0.25, -0.2) is 0 Å². The summed E-state index contributed by atoms with van der Waals surface area (Å²) in [5.41, 5.74) is 0. The predicted molar refractivity (Wildman–Crippen MR) is 72.0 cm³/mol.